The van der Waals surface area contributed by atoms with Gasteiger partial charge in [0.05, 0.1) is 30.2 Å². The average molecular weight is 460 g/mol. The van der Waals surface area contributed by atoms with E-state index in [1.54, 1.807) is 25.1 Å². The van der Waals surface area contributed by atoms with Crippen molar-refractivity contribution in [2.24, 2.45) is 0 Å². The van der Waals surface area contributed by atoms with Crippen molar-refractivity contribution in [1.82, 2.24) is 9.78 Å². The topological polar surface area (TPSA) is 82.5 Å². The molecule has 0 saturated heterocycles. The molecule has 7 nitrogen and oxygen atoms in total. The molecule has 1 unspecified atom stereocenters. The van der Waals surface area contributed by atoms with Crippen molar-refractivity contribution >= 4 is 35.0 Å². The van der Waals surface area contributed by atoms with Crippen LogP contribution in [-0.4, -0.2) is 35.2 Å². The van der Waals surface area contributed by atoms with Crippen molar-refractivity contribution in [3.05, 3.63) is 69.5 Å². The van der Waals surface area contributed by atoms with Crippen LogP contribution in [0.25, 0.3) is 5.69 Å². The highest BCUT2D eigenvalue weighted by Crippen LogP contribution is 2.37. The number of anilines is 1. The second-order valence-corrected chi connectivity index (χ2v) is 8.46. The van der Waals surface area contributed by atoms with Gasteiger partial charge < -0.3 is 14.8 Å². The van der Waals surface area contributed by atoms with Gasteiger partial charge >= 0.3 is 0 Å². The lowest BCUT2D eigenvalue weighted by atomic mass is 10.2. The van der Waals surface area contributed by atoms with Crippen LogP contribution in [-0.2, 0) is 4.79 Å². The third-order valence-corrected chi connectivity index (χ3v) is 5.78. The minimum atomic E-state index is -0.514. The van der Waals surface area contributed by atoms with Gasteiger partial charge in [0.2, 0.25) is 5.91 Å². The molecule has 9 heteroatoms. The standard InChI is InChI=1S/C22H22ClN3O4S/c1-13-5-7-15(8-6-13)26-20(27)10-9-19(25-26)31-14(2)22(28)24-21-17(23)11-16(29-3)12-18(21)30-4/h5-12,14H,1-4H3,(H,24,28). The van der Waals surface area contributed by atoms with Gasteiger partial charge in [0.15, 0.2) is 0 Å². The Morgan fingerprint density at radius 1 is 1.13 bits per heavy atom. The molecule has 1 heterocycles. The zero-order valence-electron chi connectivity index (χ0n) is 17.5. The number of nitrogens with one attached hydrogen (secondary N) is 1. The smallest absolute Gasteiger partial charge is 0.271 e. The first-order chi connectivity index (χ1) is 14.8. The van der Waals surface area contributed by atoms with Crippen LogP contribution in [0.2, 0.25) is 5.02 Å². The Bertz CT molecular complexity index is 1150. The van der Waals surface area contributed by atoms with Crippen LogP contribution in [0.4, 0.5) is 5.69 Å². The highest BCUT2D eigenvalue weighted by molar-refractivity contribution is 8.00. The number of amides is 1. The Hall–Kier alpha value is -2.97. The van der Waals surface area contributed by atoms with Gasteiger partial charge in [-0.2, -0.15) is 9.78 Å². The van der Waals surface area contributed by atoms with E-state index in [1.165, 1.54) is 36.7 Å². The summed E-state index contributed by atoms with van der Waals surface area (Å²) >= 11 is 7.51. The predicted octanol–water partition coefficient (Wildman–Crippen LogP) is 4.33. The number of methoxy groups -OCH3 is 2. The van der Waals surface area contributed by atoms with E-state index >= 15 is 0 Å². The van der Waals surface area contributed by atoms with Crippen LogP contribution in [0.5, 0.6) is 11.5 Å². The Morgan fingerprint density at radius 3 is 2.48 bits per heavy atom. The summed E-state index contributed by atoms with van der Waals surface area (Å²) < 4.78 is 11.8. The van der Waals surface area contributed by atoms with Crippen molar-refractivity contribution in [1.29, 1.82) is 0 Å². The number of hydrogen-bond acceptors (Lipinski definition) is 6. The van der Waals surface area contributed by atoms with Crippen molar-refractivity contribution < 1.29 is 14.3 Å². The number of aromatic nitrogens is 2. The first kappa shape index (κ1) is 22.7. The van der Waals surface area contributed by atoms with Crippen molar-refractivity contribution in [3.8, 4) is 17.2 Å². The van der Waals surface area contributed by atoms with Crippen LogP contribution >= 0.6 is 23.4 Å². The van der Waals surface area contributed by atoms with Crippen LogP contribution in [0.15, 0.2) is 58.4 Å². The number of carbonyl (C=O) groups is 1. The zero-order valence-corrected chi connectivity index (χ0v) is 19.1. The Labute approximate surface area is 189 Å². The third kappa shape index (κ3) is 5.39. The third-order valence-electron chi connectivity index (χ3n) is 4.45. The fourth-order valence-electron chi connectivity index (χ4n) is 2.75. The molecule has 0 saturated carbocycles. The number of thioether (sulfide) groups is 1. The fraction of sp³-hybridized carbons (Fsp3) is 0.227. The van der Waals surface area contributed by atoms with E-state index in [9.17, 15) is 9.59 Å². The molecule has 0 spiro atoms. The monoisotopic (exact) mass is 459 g/mol. The van der Waals surface area contributed by atoms with Gasteiger partial charge in [-0.05, 0) is 32.0 Å². The summed E-state index contributed by atoms with van der Waals surface area (Å²) in [6.07, 6.45) is 0. The fourth-order valence-corrected chi connectivity index (χ4v) is 3.80. The normalized spacial score (nSPS) is 11.6. The summed E-state index contributed by atoms with van der Waals surface area (Å²) in [5.74, 6) is 0.621. The Morgan fingerprint density at radius 2 is 1.84 bits per heavy atom. The first-order valence-electron chi connectivity index (χ1n) is 9.39. The highest BCUT2D eigenvalue weighted by Gasteiger charge is 2.20. The minimum absolute atomic E-state index is 0.250. The number of carbonyl (C=O) groups excluding carboxylic acids is 1. The van der Waals surface area contributed by atoms with Crippen LogP contribution in [0, 0.1) is 6.92 Å². The molecule has 0 fully saturated rings. The van der Waals surface area contributed by atoms with Gasteiger partial charge in [0, 0.05) is 18.2 Å². The summed E-state index contributed by atoms with van der Waals surface area (Å²) in [6.45, 7) is 3.71. The maximum absolute atomic E-state index is 12.8. The zero-order chi connectivity index (χ0) is 22.5. The molecule has 1 amide bonds. The summed E-state index contributed by atoms with van der Waals surface area (Å²) in [4.78, 5) is 25.0. The molecular formula is C22H22ClN3O4S. The Kier molecular flexibility index (Phi) is 7.25. The predicted molar refractivity (Wildman–Crippen MR) is 123 cm³/mol. The number of nitrogens with zero attached hydrogens (tertiary/aromatic N) is 2. The number of hydrogen-bond donors (Lipinski definition) is 1. The number of halogens is 1. The maximum Gasteiger partial charge on any atom is 0.271 e. The lowest BCUT2D eigenvalue weighted by Gasteiger charge is -2.16. The number of rotatable bonds is 7. The van der Waals surface area contributed by atoms with E-state index in [-0.39, 0.29) is 11.5 Å². The molecule has 0 aliphatic heterocycles. The van der Waals surface area contributed by atoms with E-state index in [0.29, 0.717) is 32.9 Å². The second-order valence-electron chi connectivity index (χ2n) is 6.69. The first-order valence-corrected chi connectivity index (χ1v) is 10.6. The van der Waals surface area contributed by atoms with E-state index < -0.39 is 5.25 Å². The molecule has 162 valence electrons. The lowest BCUT2D eigenvalue weighted by Crippen LogP contribution is -2.24. The molecule has 1 N–H and O–H groups in total. The van der Waals surface area contributed by atoms with Gasteiger partial charge in [-0.25, -0.2) is 0 Å². The summed E-state index contributed by atoms with van der Waals surface area (Å²) in [5, 5.41) is 7.51. The molecule has 31 heavy (non-hydrogen) atoms. The lowest BCUT2D eigenvalue weighted by molar-refractivity contribution is -0.115. The SMILES string of the molecule is COc1cc(Cl)c(NC(=O)C(C)Sc2ccc(=O)n(-c3ccc(C)cc3)n2)c(OC)c1. The largest absolute Gasteiger partial charge is 0.497 e. The van der Waals surface area contributed by atoms with E-state index in [1.807, 2.05) is 31.2 Å². The van der Waals surface area contributed by atoms with Gasteiger partial charge in [-0.15, -0.1) is 0 Å². The second kappa shape index (κ2) is 9.89. The number of ether oxygens (including phenoxy) is 2. The van der Waals surface area contributed by atoms with E-state index in [4.69, 9.17) is 21.1 Å². The molecule has 0 aliphatic carbocycles. The van der Waals surface area contributed by atoms with Crippen LogP contribution in [0.1, 0.15) is 12.5 Å². The van der Waals surface area contributed by atoms with Gasteiger partial charge in [-0.3, -0.25) is 9.59 Å². The summed E-state index contributed by atoms with van der Waals surface area (Å²) in [5.41, 5.74) is 1.85. The molecule has 0 aliphatic rings. The van der Waals surface area contributed by atoms with Crippen molar-refractivity contribution in [2.45, 2.75) is 24.1 Å². The number of aryl methyl sites for hydroxylation is 1. The average Bonchev–Trinajstić information content (AvgIpc) is 2.76. The molecule has 3 aromatic rings. The van der Waals surface area contributed by atoms with Gasteiger partial charge in [-0.1, -0.05) is 41.1 Å². The molecule has 2 aromatic carbocycles. The molecule has 1 atom stereocenters. The summed E-state index contributed by atoms with van der Waals surface area (Å²) in [7, 11) is 3.00. The quantitative estimate of drug-likeness (QED) is 0.529. The molecule has 0 radical (unpaired) electrons. The van der Waals surface area contributed by atoms with Crippen LogP contribution < -0.4 is 20.3 Å². The summed E-state index contributed by atoms with van der Waals surface area (Å²) in [6, 6.07) is 13.7. The van der Waals surface area contributed by atoms with Gasteiger partial charge in [0.1, 0.15) is 22.2 Å². The van der Waals surface area contributed by atoms with Crippen molar-refractivity contribution in [2.75, 3.05) is 19.5 Å². The Balaban J connectivity index is 1.78. The highest BCUT2D eigenvalue weighted by atomic mass is 35.5. The minimum Gasteiger partial charge on any atom is -0.497 e. The van der Waals surface area contributed by atoms with E-state index in [2.05, 4.69) is 10.4 Å². The maximum atomic E-state index is 12.8. The molecule has 3 rings (SSSR count). The molecule has 1 aromatic heterocycles. The van der Waals surface area contributed by atoms with E-state index in [0.717, 1.165) is 5.56 Å². The van der Waals surface area contributed by atoms with Crippen molar-refractivity contribution in [3.63, 3.8) is 0 Å². The van der Waals surface area contributed by atoms with Gasteiger partial charge in [0.25, 0.3) is 5.56 Å². The van der Waals surface area contributed by atoms with Crippen LogP contribution in [0.3, 0.4) is 0 Å². The number of benzene rings is 2. The molecule has 0 bridgehead atoms. The molecular weight excluding hydrogens is 438 g/mol.